The van der Waals surface area contributed by atoms with Gasteiger partial charge < -0.3 is 38.2 Å². The quantitative estimate of drug-likeness (QED) is 0.0428. The Morgan fingerprint density at radius 3 is 1.79 bits per heavy atom. The van der Waals surface area contributed by atoms with E-state index in [9.17, 15) is 57.0 Å². The lowest BCUT2D eigenvalue weighted by molar-refractivity contribution is -0.138. The summed E-state index contributed by atoms with van der Waals surface area (Å²) >= 11 is -0.488. The van der Waals surface area contributed by atoms with Crippen LogP contribution >= 0.6 is 23.5 Å². The number of para-hydroxylation sites is 1. The van der Waals surface area contributed by atoms with Crippen molar-refractivity contribution in [1.82, 2.24) is 28.7 Å². The molecule has 10 aromatic rings. The molecule has 105 heavy (non-hydrogen) atoms. The summed E-state index contributed by atoms with van der Waals surface area (Å²) in [5.41, 5.74) is -18.4. The van der Waals surface area contributed by atoms with Crippen molar-refractivity contribution < 1.29 is 107 Å². The van der Waals surface area contributed by atoms with E-state index >= 15 is 18.4 Å². The number of fused-ring (bicyclic) bond motifs is 2. The van der Waals surface area contributed by atoms with Crippen molar-refractivity contribution in [3.8, 4) is 22.3 Å². The fourth-order valence-corrected chi connectivity index (χ4v) is 11.9. The van der Waals surface area contributed by atoms with Gasteiger partial charge in [-0.1, -0.05) is 121 Å². The molecule has 2 amide bonds. The van der Waals surface area contributed by atoms with Crippen LogP contribution < -0.4 is 10.9 Å². The molecule has 0 saturated carbocycles. The molecule has 4 heterocycles. The number of methoxy groups -OCH3 is 2. The van der Waals surface area contributed by atoms with Gasteiger partial charge in [-0.15, -0.1) is 23.5 Å². The van der Waals surface area contributed by atoms with Gasteiger partial charge in [-0.05, 0) is 126 Å². The predicted octanol–water partition coefficient (Wildman–Crippen LogP) is 17.1. The number of rotatable bonds is 24. The summed E-state index contributed by atoms with van der Waals surface area (Å²) in [6.07, 6.45) is -18.0. The summed E-state index contributed by atoms with van der Waals surface area (Å²) in [6, 6.07) is -6.23. The Morgan fingerprint density at radius 1 is 0.571 bits per heavy atom. The van der Waals surface area contributed by atoms with Crippen LogP contribution in [0.25, 0.3) is 44.1 Å². The minimum atomic E-state index is -5.38. The Balaban J connectivity index is 0.000000264. The van der Waals surface area contributed by atoms with E-state index < -0.39 is 315 Å². The summed E-state index contributed by atoms with van der Waals surface area (Å²) in [5.74, 6) is -11.1. The van der Waals surface area contributed by atoms with Gasteiger partial charge >= 0.3 is 12.4 Å². The summed E-state index contributed by atoms with van der Waals surface area (Å²) < 4.78 is 435. The van der Waals surface area contributed by atoms with Crippen LogP contribution in [0.15, 0.2) is 207 Å². The average molecular weight is 1520 g/mol. The number of alkyl halides is 6. The van der Waals surface area contributed by atoms with Crippen LogP contribution in [0.4, 0.5) is 43.9 Å². The van der Waals surface area contributed by atoms with Crippen molar-refractivity contribution in [2.24, 2.45) is 0 Å². The lowest BCUT2D eigenvalue weighted by atomic mass is 10.00. The van der Waals surface area contributed by atoms with Crippen LogP contribution in [0.2, 0.25) is 0 Å². The van der Waals surface area contributed by atoms with E-state index in [0.29, 0.717) is 28.8 Å². The number of nitrogens with zero attached hydrogens (tertiary/aromatic N) is 6. The maximum Gasteiger partial charge on any atom is 0.416 e. The van der Waals surface area contributed by atoms with E-state index in [4.69, 9.17) is 41.0 Å². The van der Waals surface area contributed by atoms with Crippen molar-refractivity contribution in [1.29, 1.82) is 0 Å². The minimum Gasteiger partial charge on any atom is -0.383 e. The Labute approximate surface area is 655 Å². The van der Waals surface area contributed by atoms with Crippen LogP contribution in [0.5, 0.6) is 0 Å². The molecule has 0 radical (unpaired) electrons. The number of halogens is 10. The SMILES string of the molecule is [2H]C([2H])(Sc1cc(=O)c2ccccc2n1C([2H])([2H])C(=O)N(Cc1ccc(-c2ccc(C(F)(F)F)cc2)cc1)C1([2H])C([2H])([2H])C([2H])([2H])N(CCOC)C([2H])([2H])C1([2H])[2H])c1cccc(F)c1F.[2H]c1c([2H])c(F)c(F)c(C([2H])([2H])Sc2c([2H])c(=O)c3c([2H])c(C)c([2H])c([2H])c3n2C([2H])([2H])C(=O)N(Cc2c([2H])c([2H])c(-c3c([2H])c([2H])c(C(F)(F)F)c([2H])c3[2H])c([2H])c2[2H])C2CCN(CCOC)CC2)c1[2H]. The molecule has 24 heteroatoms. The Hall–Kier alpha value is -9.04. The summed E-state index contributed by atoms with van der Waals surface area (Å²) in [7, 11) is 2.61. The molecule has 12 nitrogen and oxygen atoms in total. The number of likely N-dealkylation sites (tertiary alicyclic amines) is 2. The van der Waals surface area contributed by atoms with Gasteiger partial charge in [0, 0.05) is 140 Å². The van der Waals surface area contributed by atoms with E-state index in [0.717, 1.165) is 49.3 Å². The minimum absolute atomic E-state index is 0.0196. The number of aromatic nitrogens is 2. The third kappa shape index (κ3) is 19.5. The molecule has 0 spiro atoms. The number of benzene rings is 8. The van der Waals surface area contributed by atoms with Gasteiger partial charge in [-0.25, -0.2) is 17.6 Å². The highest BCUT2D eigenvalue weighted by molar-refractivity contribution is 7.98. The Kier molecular flexibility index (Phi) is 15.1. The second-order valence-electron chi connectivity index (χ2n) is 22.9. The number of piperidine rings is 2. The summed E-state index contributed by atoms with van der Waals surface area (Å²) in [5, 5.41) is -3.20. The van der Waals surface area contributed by atoms with Crippen LogP contribution in [0, 0.1) is 30.2 Å². The zero-order valence-corrected chi connectivity index (χ0v) is 56.7. The number of carbonyl (C=O) groups excluding carboxylic acids is 2. The first-order valence-electron chi connectivity index (χ1n) is 47.3. The normalized spacial score (nSPS) is 21.3. The third-order valence-electron chi connectivity index (χ3n) is 15.9. The van der Waals surface area contributed by atoms with Crippen LogP contribution in [0.1, 0.15) is 108 Å². The number of hydrogen-bond donors (Lipinski definition) is 0. The molecule has 0 atom stereocenters. The maximum absolute atomic E-state index is 15.6. The fourth-order valence-electron chi connectivity index (χ4n) is 10.5. The second kappa shape index (κ2) is 34.9. The van der Waals surface area contributed by atoms with Crippen LogP contribution in [0.3, 0.4) is 0 Å². The summed E-state index contributed by atoms with van der Waals surface area (Å²) in [4.78, 5) is 61.1. The molecular weight excluding hydrogens is 1410 g/mol. The van der Waals surface area contributed by atoms with E-state index in [2.05, 4.69) is 0 Å². The molecule has 0 aliphatic carbocycles. The molecule has 2 aliphatic heterocycles. The van der Waals surface area contributed by atoms with Gasteiger partial charge in [0.1, 0.15) is 13.0 Å². The van der Waals surface area contributed by atoms with Gasteiger partial charge in [-0.3, -0.25) is 19.2 Å². The maximum atomic E-state index is 15.6. The largest absolute Gasteiger partial charge is 0.416 e. The average Bonchev–Trinajstić information content (AvgIpc) is 0.662. The van der Waals surface area contributed by atoms with Crippen molar-refractivity contribution in [3.63, 3.8) is 0 Å². The van der Waals surface area contributed by atoms with Gasteiger partial charge in [0.2, 0.25) is 11.8 Å². The highest BCUT2D eigenvalue weighted by Crippen LogP contribution is 2.36. The number of carbonyl (C=O) groups is 2. The van der Waals surface area contributed by atoms with Crippen molar-refractivity contribution in [2.75, 3.05) is 66.6 Å². The number of hydrogen-bond acceptors (Lipinski definition) is 10. The Bertz CT molecular complexity index is 6490. The standard InChI is InChI=1S/C41H40F5N3O3S.C40H38F5N3O3S/c1-27-6-15-36-34(22-27)37(50)23-39(53-26-31-4-3-5-35(42)40(31)43)49(36)25-38(51)48(33-16-18-47(19-17-33)20-21-52-2)24-28-7-9-29(10-8-28)30-11-13-32(14-12-30)41(44,45)46;1-51-22-21-46-19-17-32(18-20-46)47(24-27-9-11-28(12-10-27)29-13-15-31(16-14-29)40(43,44)45)37(50)25-48-35-8-3-2-6-33(35)36(49)23-38(48)52-26-30-5-4-7-34(41)39(30)42/h3-15,22-23,33H,16-21,24-26H2,1-2H3;2-16,23,32H,17-22,24-26H2,1H3/i3D,4D,5D,6D,7D,8D,9D,10D,11D,12D,13D,14D,15D,22D,23D,25D2,26D2;17D2,18D2,19D2,20D2,25D2,26D2,32D. The van der Waals surface area contributed by atoms with E-state index in [-0.39, 0.29) is 80.7 Å². The third-order valence-corrected chi connectivity index (χ3v) is 17.5. The molecule has 550 valence electrons. The molecule has 2 aromatic heterocycles. The molecule has 0 bridgehead atoms. The monoisotopic (exact) mass is 1520 g/mol. The molecule has 0 N–H and O–H groups in total. The van der Waals surface area contributed by atoms with E-state index in [1.54, 1.807) is 0 Å². The lowest BCUT2D eigenvalue weighted by Crippen LogP contribution is -2.48. The number of thioether (sulfide) groups is 2. The van der Waals surface area contributed by atoms with Crippen LogP contribution in [-0.2, 0) is 68.9 Å². The molecular formula is C81H78F10N6O6S2. The second-order valence-corrected chi connectivity index (χ2v) is 24.5. The lowest BCUT2D eigenvalue weighted by Gasteiger charge is -2.39. The smallest absolute Gasteiger partial charge is 0.383 e. The first kappa shape index (κ1) is 45.5. The van der Waals surface area contributed by atoms with Gasteiger partial charge in [0.15, 0.2) is 34.1 Å². The molecule has 12 rings (SSSR count). The van der Waals surface area contributed by atoms with E-state index in [1.807, 2.05) is 4.90 Å². The zero-order valence-electron chi connectivity index (χ0n) is 87.1. The number of ether oxygens (including phenoxy) is 2. The van der Waals surface area contributed by atoms with Gasteiger partial charge in [0.25, 0.3) is 0 Å². The number of pyridine rings is 2. The van der Waals surface area contributed by atoms with Gasteiger partial charge in [-0.2, -0.15) is 26.3 Å². The topological polar surface area (TPSA) is 110 Å². The van der Waals surface area contributed by atoms with Gasteiger partial charge in [0.05, 0.1) is 72.8 Å². The zero-order chi connectivity index (χ0) is 103. The highest BCUT2D eigenvalue weighted by atomic mass is 32.2. The predicted molar refractivity (Wildman–Crippen MR) is 391 cm³/mol. The Morgan fingerprint density at radius 2 is 1.14 bits per heavy atom. The van der Waals surface area contributed by atoms with Crippen molar-refractivity contribution >= 4 is 57.1 Å². The highest BCUT2D eigenvalue weighted by Gasteiger charge is 2.34. The van der Waals surface area contributed by atoms with E-state index in [1.165, 1.54) is 61.7 Å². The number of amides is 2. The van der Waals surface area contributed by atoms with Crippen molar-refractivity contribution in [3.05, 3.63) is 270 Å². The van der Waals surface area contributed by atoms with Crippen LogP contribution in [-0.4, -0.2) is 119 Å². The molecule has 2 aliphatic rings. The molecule has 2 fully saturated rings. The molecule has 0 unspecified atom stereocenters. The first-order valence-corrected chi connectivity index (χ1v) is 33.0. The fraction of sp³-hybridized carbons (Fsp3) is 0.309. The molecule has 2 saturated heterocycles. The summed E-state index contributed by atoms with van der Waals surface area (Å²) in [6.45, 7) is -16.3. The first-order chi connectivity index (χ1) is 63.1. The molecule has 8 aromatic carbocycles. The van der Waals surface area contributed by atoms with Crippen molar-refractivity contribution in [2.45, 2.75) is 104 Å².